The van der Waals surface area contributed by atoms with Crippen LogP contribution in [0.2, 0.25) is 0 Å². The fourth-order valence-electron chi connectivity index (χ4n) is 1.84. The molecule has 2 rings (SSSR count). The summed E-state index contributed by atoms with van der Waals surface area (Å²) in [6.07, 6.45) is 0. The Morgan fingerprint density at radius 1 is 1.26 bits per heavy atom. The van der Waals surface area contributed by atoms with E-state index in [9.17, 15) is 4.79 Å². The largest absolute Gasteiger partial charge is 0.464 e. The summed E-state index contributed by atoms with van der Waals surface area (Å²) in [4.78, 5) is 13.8. The summed E-state index contributed by atoms with van der Waals surface area (Å²) in [6.45, 7) is 2.29. The highest BCUT2D eigenvalue weighted by molar-refractivity contribution is 6.30. The highest BCUT2D eigenvalue weighted by Crippen LogP contribution is 2.23. The van der Waals surface area contributed by atoms with Crippen molar-refractivity contribution in [3.05, 3.63) is 59.5 Å². The molecule has 1 aromatic heterocycles. The van der Waals surface area contributed by atoms with Gasteiger partial charge in [-0.2, -0.15) is 0 Å². The third kappa shape index (κ3) is 3.38. The number of hydrogen-bond acceptors (Lipinski definition) is 2. The zero-order valence-corrected chi connectivity index (χ0v) is 11.7. The second-order valence-corrected chi connectivity index (χ2v) is 4.92. The maximum absolute atomic E-state index is 12.2. The molecule has 4 heteroatoms. The van der Waals surface area contributed by atoms with E-state index >= 15 is 0 Å². The van der Waals surface area contributed by atoms with Gasteiger partial charge in [0.2, 0.25) is 5.91 Å². The standard InChI is InChI=1S/C15H16ClNO2/c1-11-8-9-13(19-11)10-17(2)15(18)14(16)12-6-4-3-5-7-12/h3-9,14H,10H2,1-2H3. The fourth-order valence-corrected chi connectivity index (χ4v) is 2.15. The lowest BCUT2D eigenvalue weighted by atomic mass is 10.1. The molecular weight excluding hydrogens is 262 g/mol. The lowest BCUT2D eigenvalue weighted by Gasteiger charge is -2.19. The van der Waals surface area contributed by atoms with Crippen molar-refractivity contribution < 1.29 is 9.21 Å². The van der Waals surface area contributed by atoms with Gasteiger partial charge in [0.1, 0.15) is 16.9 Å². The highest BCUT2D eigenvalue weighted by atomic mass is 35.5. The summed E-state index contributed by atoms with van der Waals surface area (Å²) in [5, 5.41) is -0.665. The van der Waals surface area contributed by atoms with Crippen molar-refractivity contribution in [2.45, 2.75) is 18.8 Å². The molecule has 0 aliphatic carbocycles. The molecule has 2 aromatic rings. The Hall–Kier alpha value is -1.74. The minimum Gasteiger partial charge on any atom is -0.464 e. The average Bonchev–Trinajstić information content (AvgIpc) is 2.83. The van der Waals surface area contributed by atoms with Crippen molar-refractivity contribution in [2.24, 2.45) is 0 Å². The van der Waals surface area contributed by atoms with Crippen LogP contribution in [0.15, 0.2) is 46.9 Å². The summed E-state index contributed by atoms with van der Waals surface area (Å²) < 4.78 is 5.45. The Bertz CT molecular complexity index is 550. The quantitative estimate of drug-likeness (QED) is 0.801. The Balaban J connectivity index is 2.03. The van der Waals surface area contributed by atoms with Gasteiger partial charge in [-0.05, 0) is 24.6 Å². The first-order valence-electron chi connectivity index (χ1n) is 6.07. The molecule has 0 saturated heterocycles. The number of carbonyl (C=O) groups excluding carboxylic acids is 1. The maximum Gasteiger partial charge on any atom is 0.245 e. The van der Waals surface area contributed by atoms with Gasteiger partial charge < -0.3 is 9.32 Å². The molecule has 0 saturated carbocycles. The molecule has 0 spiro atoms. The first-order valence-corrected chi connectivity index (χ1v) is 6.51. The molecule has 0 aliphatic heterocycles. The van der Waals surface area contributed by atoms with Crippen molar-refractivity contribution >= 4 is 17.5 Å². The van der Waals surface area contributed by atoms with Crippen LogP contribution >= 0.6 is 11.6 Å². The minimum absolute atomic E-state index is 0.137. The van der Waals surface area contributed by atoms with Crippen LogP contribution in [-0.4, -0.2) is 17.9 Å². The van der Waals surface area contributed by atoms with Gasteiger partial charge in [-0.1, -0.05) is 30.3 Å². The van der Waals surface area contributed by atoms with E-state index in [1.54, 1.807) is 11.9 Å². The van der Waals surface area contributed by atoms with E-state index in [0.29, 0.717) is 6.54 Å². The summed E-state index contributed by atoms with van der Waals surface area (Å²) in [7, 11) is 1.72. The zero-order valence-electron chi connectivity index (χ0n) is 11.0. The van der Waals surface area contributed by atoms with Crippen LogP contribution in [0.4, 0.5) is 0 Å². The van der Waals surface area contributed by atoms with Crippen LogP contribution in [-0.2, 0) is 11.3 Å². The number of amides is 1. The number of furan rings is 1. The summed E-state index contributed by atoms with van der Waals surface area (Å²) in [5.74, 6) is 1.45. The number of hydrogen-bond donors (Lipinski definition) is 0. The predicted octanol–water partition coefficient (Wildman–Crippen LogP) is 3.53. The molecule has 0 fully saturated rings. The molecule has 1 heterocycles. The molecule has 100 valence electrons. The molecule has 1 atom stereocenters. The van der Waals surface area contributed by atoms with Crippen LogP contribution in [0.5, 0.6) is 0 Å². The topological polar surface area (TPSA) is 33.5 Å². The smallest absolute Gasteiger partial charge is 0.245 e. The van der Waals surface area contributed by atoms with Crippen molar-refractivity contribution in [2.75, 3.05) is 7.05 Å². The normalized spacial score (nSPS) is 12.2. The van der Waals surface area contributed by atoms with Crippen LogP contribution in [0.3, 0.4) is 0 Å². The molecule has 1 amide bonds. The lowest BCUT2D eigenvalue weighted by molar-refractivity contribution is -0.130. The number of nitrogens with zero attached hydrogens (tertiary/aromatic N) is 1. The first-order chi connectivity index (χ1) is 9.08. The summed E-state index contributed by atoms with van der Waals surface area (Å²) >= 11 is 6.20. The fraction of sp³-hybridized carbons (Fsp3) is 0.267. The molecule has 1 aromatic carbocycles. The molecule has 3 nitrogen and oxygen atoms in total. The Morgan fingerprint density at radius 2 is 1.95 bits per heavy atom. The molecule has 0 aliphatic rings. The van der Waals surface area contributed by atoms with Crippen molar-refractivity contribution in [3.8, 4) is 0 Å². The van der Waals surface area contributed by atoms with E-state index < -0.39 is 5.38 Å². The molecule has 0 bridgehead atoms. The zero-order chi connectivity index (χ0) is 13.8. The van der Waals surface area contributed by atoms with Gasteiger partial charge in [0.25, 0.3) is 0 Å². The second-order valence-electron chi connectivity index (χ2n) is 4.48. The lowest BCUT2D eigenvalue weighted by Crippen LogP contribution is -2.29. The number of halogens is 1. The van der Waals surface area contributed by atoms with Gasteiger partial charge in [-0.25, -0.2) is 0 Å². The number of alkyl halides is 1. The number of carbonyl (C=O) groups is 1. The second kappa shape index (κ2) is 5.93. The van der Waals surface area contributed by atoms with E-state index in [4.69, 9.17) is 16.0 Å². The van der Waals surface area contributed by atoms with E-state index in [1.807, 2.05) is 49.4 Å². The Labute approximate surface area is 117 Å². The van der Waals surface area contributed by atoms with E-state index in [-0.39, 0.29) is 5.91 Å². The number of likely N-dealkylation sites (N-methyl/N-ethyl adjacent to an activating group) is 1. The van der Waals surface area contributed by atoms with Crippen molar-refractivity contribution in [1.82, 2.24) is 4.90 Å². The van der Waals surface area contributed by atoms with Gasteiger partial charge in [0, 0.05) is 7.05 Å². The predicted molar refractivity (Wildman–Crippen MR) is 75.0 cm³/mol. The third-order valence-corrected chi connectivity index (χ3v) is 3.31. The third-order valence-electron chi connectivity index (χ3n) is 2.87. The molecule has 19 heavy (non-hydrogen) atoms. The Kier molecular flexibility index (Phi) is 4.27. The Morgan fingerprint density at radius 3 is 2.53 bits per heavy atom. The van der Waals surface area contributed by atoms with Crippen molar-refractivity contribution in [1.29, 1.82) is 0 Å². The van der Waals surface area contributed by atoms with Crippen molar-refractivity contribution in [3.63, 3.8) is 0 Å². The first kappa shape index (κ1) is 13.7. The molecule has 0 N–H and O–H groups in total. The molecular formula is C15H16ClNO2. The van der Waals surface area contributed by atoms with Gasteiger partial charge in [-0.15, -0.1) is 11.6 Å². The van der Waals surface area contributed by atoms with E-state index in [1.165, 1.54) is 0 Å². The summed E-state index contributed by atoms with van der Waals surface area (Å²) in [5.41, 5.74) is 0.802. The van der Waals surface area contributed by atoms with Crippen LogP contribution in [0.25, 0.3) is 0 Å². The van der Waals surface area contributed by atoms with Crippen LogP contribution in [0, 0.1) is 6.92 Å². The molecule has 1 unspecified atom stereocenters. The van der Waals surface area contributed by atoms with Gasteiger partial charge in [0.15, 0.2) is 0 Å². The summed E-state index contributed by atoms with van der Waals surface area (Å²) in [6, 6.07) is 13.1. The SMILES string of the molecule is Cc1ccc(CN(C)C(=O)C(Cl)c2ccccc2)o1. The van der Waals surface area contributed by atoms with Crippen LogP contribution in [0.1, 0.15) is 22.5 Å². The van der Waals surface area contributed by atoms with E-state index in [2.05, 4.69) is 0 Å². The van der Waals surface area contributed by atoms with Crippen LogP contribution < -0.4 is 0 Å². The molecule has 0 radical (unpaired) electrons. The number of rotatable bonds is 4. The average molecular weight is 278 g/mol. The van der Waals surface area contributed by atoms with E-state index in [0.717, 1.165) is 17.1 Å². The minimum atomic E-state index is -0.665. The number of benzene rings is 1. The number of aryl methyl sites for hydroxylation is 1. The van der Waals surface area contributed by atoms with Gasteiger partial charge >= 0.3 is 0 Å². The monoisotopic (exact) mass is 277 g/mol. The highest BCUT2D eigenvalue weighted by Gasteiger charge is 2.21. The maximum atomic E-state index is 12.2. The van der Waals surface area contributed by atoms with Gasteiger partial charge in [0.05, 0.1) is 6.54 Å². The van der Waals surface area contributed by atoms with Gasteiger partial charge in [-0.3, -0.25) is 4.79 Å².